The minimum atomic E-state index is -0.734. The third kappa shape index (κ3) is 4.72. The molecule has 0 bridgehead atoms. The molecule has 0 N–H and O–H groups in total. The van der Waals surface area contributed by atoms with Gasteiger partial charge in [0, 0.05) is 48.4 Å². The third-order valence-corrected chi connectivity index (χ3v) is 5.53. The van der Waals surface area contributed by atoms with Gasteiger partial charge in [0.1, 0.15) is 23.2 Å². The van der Waals surface area contributed by atoms with E-state index in [0.29, 0.717) is 30.6 Å². The molecule has 7 heteroatoms. The van der Waals surface area contributed by atoms with Crippen LogP contribution in [-0.4, -0.2) is 28.6 Å². The molecule has 0 radical (unpaired) electrons. The standard InChI is InChI=1S/C26H23F3N2O2/c1-3-30(4-2)26(32)33-24-9-8-23-22(25(24)18-13-20(28)15-21(29)14-18)10-11-31(23)16-17-6-5-7-19(27)12-17/h5-15H,3-4,16H2,1-2H3. The number of nitrogens with zero attached hydrogens (tertiary/aromatic N) is 2. The van der Waals surface area contributed by atoms with E-state index < -0.39 is 17.7 Å². The second kappa shape index (κ2) is 9.40. The maximum absolute atomic E-state index is 14.1. The van der Waals surface area contributed by atoms with Gasteiger partial charge in [-0.2, -0.15) is 0 Å². The molecule has 0 saturated heterocycles. The highest BCUT2D eigenvalue weighted by atomic mass is 19.1. The Morgan fingerprint density at radius 3 is 2.30 bits per heavy atom. The van der Waals surface area contributed by atoms with Crippen molar-refractivity contribution in [3.8, 4) is 16.9 Å². The Kier molecular flexibility index (Phi) is 6.40. The van der Waals surface area contributed by atoms with E-state index in [0.717, 1.165) is 17.1 Å². The summed E-state index contributed by atoms with van der Waals surface area (Å²) < 4.78 is 49.4. The summed E-state index contributed by atoms with van der Waals surface area (Å²) in [5, 5.41) is 0.654. The minimum Gasteiger partial charge on any atom is -0.410 e. The Balaban J connectivity index is 1.84. The van der Waals surface area contributed by atoms with E-state index >= 15 is 0 Å². The summed E-state index contributed by atoms with van der Waals surface area (Å²) in [6, 6.07) is 14.7. The Hall–Kier alpha value is -3.74. The molecule has 33 heavy (non-hydrogen) atoms. The van der Waals surface area contributed by atoms with E-state index in [1.807, 2.05) is 30.7 Å². The number of halogens is 3. The Morgan fingerprint density at radius 1 is 0.909 bits per heavy atom. The lowest BCUT2D eigenvalue weighted by molar-refractivity contribution is 0.157. The first-order valence-electron chi connectivity index (χ1n) is 10.7. The molecule has 1 aromatic heterocycles. The number of carbonyl (C=O) groups excluding carboxylic acids is 1. The highest BCUT2D eigenvalue weighted by Crippen LogP contribution is 2.39. The molecule has 0 saturated carbocycles. The van der Waals surface area contributed by atoms with Gasteiger partial charge in [-0.3, -0.25) is 0 Å². The van der Waals surface area contributed by atoms with Gasteiger partial charge in [0.2, 0.25) is 0 Å². The summed E-state index contributed by atoms with van der Waals surface area (Å²) in [6.45, 7) is 5.00. The van der Waals surface area contributed by atoms with Gasteiger partial charge in [-0.1, -0.05) is 12.1 Å². The molecule has 0 aliphatic carbocycles. The molecule has 4 nitrogen and oxygen atoms in total. The van der Waals surface area contributed by atoms with E-state index in [-0.39, 0.29) is 17.1 Å². The number of carbonyl (C=O) groups is 1. The van der Waals surface area contributed by atoms with Gasteiger partial charge in [0.05, 0.1) is 0 Å². The van der Waals surface area contributed by atoms with E-state index in [9.17, 15) is 18.0 Å². The van der Waals surface area contributed by atoms with E-state index in [1.165, 1.54) is 29.2 Å². The number of aromatic nitrogens is 1. The van der Waals surface area contributed by atoms with E-state index in [2.05, 4.69) is 0 Å². The van der Waals surface area contributed by atoms with Gasteiger partial charge in [0.15, 0.2) is 0 Å². The van der Waals surface area contributed by atoms with Crippen LogP contribution in [0.3, 0.4) is 0 Å². The van der Waals surface area contributed by atoms with Crippen molar-refractivity contribution < 1.29 is 22.7 Å². The fraction of sp³-hybridized carbons (Fsp3) is 0.192. The summed E-state index contributed by atoms with van der Waals surface area (Å²) >= 11 is 0. The van der Waals surface area contributed by atoms with Crippen LogP contribution in [0.1, 0.15) is 19.4 Å². The summed E-state index contributed by atoms with van der Waals surface area (Å²) in [6.07, 6.45) is 1.27. The molecule has 0 aliphatic rings. The number of ether oxygens (including phenoxy) is 1. The van der Waals surface area contributed by atoms with Crippen molar-refractivity contribution in [2.75, 3.05) is 13.1 Å². The maximum Gasteiger partial charge on any atom is 0.415 e. The number of hydrogen-bond donors (Lipinski definition) is 0. The fourth-order valence-corrected chi connectivity index (χ4v) is 3.94. The van der Waals surface area contributed by atoms with Crippen LogP contribution in [0.4, 0.5) is 18.0 Å². The topological polar surface area (TPSA) is 34.5 Å². The van der Waals surface area contributed by atoms with Crippen LogP contribution in [0.2, 0.25) is 0 Å². The van der Waals surface area contributed by atoms with Crippen LogP contribution < -0.4 is 4.74 Å². The predicted molar refractivity (Wildman–Crippen MR) is 122 cm³/mol. The van der Waals surface area contributed by atoms with Crippen LogP contribution in [-0.2, 0) is 6.54 Å². The van der Waals surface area contributed by atoms with Crippen molar-refractivity contribution in [1.82, 2.24) is 9.47 Å². The number of fused-ring (bicyclic) bond motifs is 1. The molecule has 0 fully saturated rings. The summed E-state index contributed by atoms with van der Waals surface area (Å²) in [4.78, 5) is 14.1. The van der Waals surface area contributed by atoms with Crippen LogP contribution in [0.15, 0.2) is 66.9 Å². The molecule has 4 rings (SSSR count). The SMILES string of the molecule is CCN(CC)C(=O)Oc1ccc2c(ccn2Cc2cccc(F)c2)c1-c1cc(F)cc(F)c1. The zero-order valence-electron chi connectivity index (χ0n) is 18.3. The Bertz CT molecular complexity index is 1290. The van der Waals surface area contributed by atoms with Crippen molar-refractivity contribution in [1.29, 1.82) is 0 Å². The van der Waals surface area contributed by atoms with Gasteiger partial charge < -0.3 is 14.2 Å². The van der Waals surface area contributed by atoms with Crippen molar-refractivity contribution in [2.24, 2.45) is 0 Å². The molecule has 0 unspecified atom stereocenters. The lowest BCUT2D eigenvalue weighted by Gasteiger charge is -2.20. The summed E-state index contributed by atoms with van der Waals surface area (Å²) in [7, 11) is 0. The first-order chi connectivity index (χ1) is 15.9. The second-order valence-electron chi connectivity index (χ2n) is 7.64. The fourth-order valence-electron chi connectivity index (χ4n) is 3.94. The smallest absolute Gasteiger partial charge is 0.410 e. The zero-order valence-corrected chi connectivity index (χ0v) is 18.3. The molecule has 0 atom stereocenters. The monoisotopic (exact) mass is 452 g/mol. The van der Waals surface area contributed by atoms with Gasteiger partial charge in [-0.05, 0) is 67.4 Å². The average Bonchev–Trinajstić information content (AvgIpc) is 3.16. The number of benzene rings is 3. The first-order valence-corrected chi connectivity index (χ1v) is 10.7. The highest BCUT2D eigenvalue weighted by Gasteiger charge is 2.20. The maximum atomic E-state index is 14.1. The first kappa shape index (κ1) is 22.5. The van der Waals surface area contributed by atoms with Crippen molar-refractivity contribution >= 4 is 17.0 Å². The minimum absolute atomic E-state index is 0.202. The van der Waals surface area contributed by atoms with E-state index in [1.54, 1.807) is 24.3 Å². The lowest BCUT2D eigenvalue weighted by atomic mass is 10.00. The van der Waals surface area contributed by atoms with Gasteiger partial charge in [0.25, 0.3) is 0 Å². The number of rotatable bonds is 6. The van der Waals surface area contributed by atoms with Crippen LogP contribution in [0.25, 0.3) is 22.0 Å². The van der Waals surface area contributed by atoms with Crippen molar-refractivity contribution in [3.63, 3.8) is 0 Å². The summed E-state index contributed by atoms with van der Waals surface area (Å²) in [5.74, 6) is -1.59. The molecule has 4 aromatic rings. The molecule has 0 spiro atoms. The van der Waals surface area contributed by atoms with Gasteiger partial charge in [-0.15, -0.1) is 0 Å². The zero-order chi connectivity index (χ0) is 23.5. The van der Waals surface area contributed by atoms with Crippen molar-refractivity contribution in [3.05, 3.63) is 89.9 Å². The normalized spacial score (nSPS) is 11.1. The molecule has 1 heterocycles. The quantitative estimate of drug-likeness (QED) is 0.330. The van der Waals surface area contributed by atoms with Crippen LogP contribution >= 0.6 is 0 Å². The number of amides is 1. The molecule has 3 aromatic carbocycles. The molecule has 170 valence electrons. The predicted octanol–water partition coefficient (Wildman–Crippen LogP) is 6.61. The van der Waals surface area contributed by atoms with E-state index in [4.69, 9.17) is 4.74 Å². The summed E-state index contributed by atoms with van der Waals surface area (Å²) in [5.41, 5.74) is 2.18. The molecular weight excluding hydrogens is 429 g/mol. The largest absolute Gasteiger partial charge is 0.415 e. The average molecular weight is 452 g/mol. The second-order valence-corrected chi connectivity index (χ2v) is 7.64. The third-order valence-electron chi connectivity index (χ3n) is 5.53. The Morgan fingerprint density at radius 2 is 1.64 bits per heavy atom. The highest BCUT2D eigenvalue weighted by molar-refractivity contribution is 5.99. The molecular formula is C26H23F3N2O2. The lowest BCUT2D eigenvalue weighted by Crippen LogP contribution is -2.33. The Labute approximate surface area is 189 Å². The molecule has 1 amide bonds. The van der Waals surface area contributed by atoms with Crippen LogP contribution in [0, 0.1) is 17.5 Å². The van der Waals surface area contributed by atoms with Crippen LogP contribution in [0.5, 0.6) is 5.75 Å². The van der Waals surface area contributed by atoms with Gasteiger partial charge in [-0.25, -0.2) is 18.0 Å². The molecule has 0 aliphatic heterocycles. The number of hydrogen-bond acceptors (Lipinski definition) is 2. The van der Waals surface area contributed by atoms with Crippen molar-refractivity contribution in [2.45, 2.75) is 20.4 Å². The van der Waals surface area contributed by atoms with Gasteiger partial charge >= 0.3 is 6.09 Å².